The highest BCUT2D eigenvalue weighted by Crippen LogP contribution is 2.28. The number of ether oxygens (including phenoxy) is 1. The van der Waals surface area contributed by atoms with Crippen LogP contribution in [0, 0.1) is 0 Å². The Morgan fingerprint density at radius 2 is 2.00 bits per heavy atom. The minimum Gasteiger partial charge on any atom is -0.490 e. The van der Waals surface area contributed by atoms with Crippen LogP contribution in [0.3, 0.4) is 0 Å². The van der Waals surface area contributed by atoms with Gasteiger partial charge in [-0.1, -0.05) is 22.4 Å². The van der Waals surface area contributed by atoms with Gasteiger partial charge in [-0.3, -0.25) is 4.79 Å². The number of hydrogen-bond acceptors (Lipinski definition) is 2. The Morgan fingerprint density at radius 1 is 1.29 bits per heavy atom. The van der Waals surface area contributed by atoms with Crippen LogP contribution >= 0.6 is 15.9 Å². The second kappa shape index (κ2) is 5.67. The monoisotopic (exact) mass is 296 g/mol. The molecule has 3 heteroatoms. The molecule has 17 heavy (non-hydrogen) atoms. The van der Waals surface area contributed by atoms with E-state index in [1.54, 1.807) is 6.92 Å². The number of ketones is 1. The molecule has 0 atom stereocenters. The first kappa shape index (κ1) is 12.6. The van der Waals surface area contributed by atoms with E-state index in [4.69, 9.17) is 4.74 Å². The van der Waals surface area contributed by atoms with Gasteiger partial charge in [-0.2, -0.15) is 0 Å². The summed E-state index contributed by atoms with van der Waals surface area (Å²) in [6, 6.07) is 5.60. The van der Waals surface area contributed by atoms with Gasteiger partial charge in [0.15, 0.2) is 5.78 Å². The van der Waals surface area contributed by atoms with E-state index in [0.29, 0.717) is 5.56 Å². The largest absolute Gasteiger partial charge is 0.490 e. The maximum Gasteiger partial charge on any atom is 0.163 e. The van der Waals surface area contributed by atoms with E-state index in [0.717, 1.165) is 23.1 Å². The highest BCUT2D eigenvalue weighted by molar-refractivity contribution is 9.10. The lowest BCUT2D eigenvalue weighted by atomic mass is 9.97. The van der Waals surface area contributed by atoms with Gasteiger partial charge in [0.05, 0.1) is 11.7 Å². The molecule has 0 bridgehead atoms. The molecule has 0 N–H and O–H groups in total. The van der Waals surface area contributed by atoms with Gasteiger partial charge in [0.1, 0.15) is 5.75 Å². The van der Waals surface area contributed by atoms with E-state index in [-0.39, 0.29) is 11.9 Å². The summed E-state index contributed by atoms with van der Waals surface area (Å²) < 4.78 is 6.93. The Kier molecular flexibility index (Phi) is 4.21. The van der Waals surface area contributed by atoms with Gasteiger partial charge in [0, 0.05) is 4.47 Å². The maximum absolute atomic E-state index is 11.5. The summed E-state index contributed by atoms with van der Waals surface area (Å²) in [6.45, 7) is 1.58. The van der Waals surface area contributed by atoms with Gasteiger partial charge in [0.2, 0.25) is 0 Å². The summed E-state index contributed by atoms with van der Waals surface area (Å²) >= 11 is 3.42. The molecule has 92 valence electrons. The van der Waals surface area contributed by atoms with Gasteiger partial charge in [0.25, 0.3) is 0 Å². The zero-order valence-corrected chi connectivity index (χ0v) is 11.6. The van der Waals surface area contributed by atoms with Crippen molar-refractivity contribution in [2.75, 3.05) is 0 Å². The second-order valence-corrected chi connectivity index (χ2v) is 5.49. The van der Waals surface area contributed by atoms with Gasteiger partial charge in [-0.15, -0.1) is 0 Å². The number of halogens is 1. The summed E-state index contributed by atoms with van der Waals surface area (Å²) in [5, 5.41) is 0. The normalized spacial score (nSPS) is 16.8. The molecule has 0 amide bonds. The highest BCUT2D eigenvalue weighted by atomic mass is 79.9. The highest BCUT2D eigenvalue weighted by Gasteiger charge is 2.17. The minimum atomic E-state index is 0.0586. The predicted molar refractivity (Wildman–Crippen MR) is 71.6 cm³/mol. The van der Waals surface area contributed by atoms with Gasteiger partial charge < -0.3 is 4.74 Å². The third-order valence-electron chi connectivity index (χ3n) is 3.17. The lowest BCUT2D eigenvalue weighted by Crippen LogP contribution is -2.20. The van der Waals surface area contributed by atoms with Crippen molar-refractivity contribution in [2.45, 2.75) is 45.1 Å². The smallest absolute Gasteiger partial charge is 0.163 e. The van der Waals surface area contributed by atoms with Gasteiger partial charge in [-0.25, -0.2) is 0 Å². The quantitative estimate of drug-likeness (QED) is 0.775. The van der Waals surface area contributed by atoms with Crippen LogP contribution in [0.4, 0.5) is 0 Å². The van der Waals surface area contributed by atoms with Crippen molar-refractivity contribution in [3.63, 3.8) is 0 Å². The van der Waals surface area contributed by atoms with E-state index in [1.165, 1.54) is 19.3 Å². The number of rotatable bonds is 3. The third-order valence-corrected chi connectivity index (χ3v) is 3.66. The van der Waals surface area contributed by atoms with Crippen LogP contribution in [0.5, 0.6) is 5.75 Å². The molecule has 1 aromatic rings. The fraction of sp³-hybridized carbons (Fsp3) is 0.500. The molecular formula is C14H17BrO2. The van der Waals surface area contributed by atoms with Crippen molar-refractivity contribution in [2.24, 2.45) is 0 Å². The summed E-state index contributed by atoms with van der Waals surface area (Å²) in [6.07, 6.45) is 6.24. The van der Waals surface area contributed by atoms with E-state index in [9.17, 15) is 4.79 Å². The lowest BCUT2D eigenvalue weighted by molar-refractivity contribution is 0.100. The Bertz CT molecular complexity index is 409. The average molecular weight is 297 g/mol. The first-order chi connectivity index (χ1) is 8.16. The molecule has 0 aliphatic heterocycles. The standard InChI is InChI=1S/C14H17BrO2/c1-10(16)13-8-7-11(15)9-14(13)17-12-5-3-2-4-6-12/h7-9,12H,2-6H2,1H3. The van der Waals surface area contributed by atoms with Crippen LogP contribution in [0.25, 0.3) is 0 Å². The number of benzene rings is 1. The van der Waals surface area contributed by atoms with Crippen molar-refractivity contribution >= 4 is 21.7 Å². The third kappa shape index (κ3) is 3.32. The van der Waals surface area contributed by atoms with Gasteiger partial charge in [-0.05, 0) is 50.8 Å². The molecule has 2 nitrogen and oxygen atoms in total. The number of carbonyl (C=O) groups is 1. The minimum absolute atomic E-state index is 0.0586. The SMILES string of the molecule is CC(=O)c1ccc(Br)cc1OC1CCCCC1. The summed E-state index contributed by atoms with van der Waals surface area (Å²) in [4.78, 5) is 11.5. The molecule has 0 radical (unpaired) electrons. The van der Waals surface area contributed by atoms with E-state index in [1.807, 2.05) is 18.2 Å². The van der Waals surface area contributed by atoms with E-state index < -0.39 is 0 Å². The van der Waals surface area contributed by atoms with Crippen LogP contribution in [-0.4, -0.2) is 11.9 Å². The molecule has 1 aliphatic carbocycles. The van der Waals surface area contributed by atoms with E-state index >= 15 is 0 Å². The van der Waals surface area contributed by atoms with Crippen molar-refractivity contribution < 1.29 is 9.53 Å². The molecule has 1 aromatic carbocycles. The molecule has 0 heterocycles. The van der Waals surface area contributed by atoms with Crippen LogP contribution in [0.1, 0.15) is 49.4 Å². The van der Waals surface area contributed by atoms with Crippen molar-refractivity contribution in [3.8, 4) is 5.75 Å². The van der Waals surface area contributed by atoms with Gasteiger partial charge >= 0.3 is 0 Å². The summed E-state index contributed by atoms with van der Waals surface area (Å²) in [5.41, 5.74) is 0.679. The summed E-state index contributed by atoms with van der Waals surface area (Å²) in [7, 11) is 0. The Morgan fingerprint density at radius 3 is 2.65 bits per heavy atom. The molecule has 0 saturated heterocycles. The zero-order chi connectivity index (χ0) is 12.3. The Labute approximate surface area is 110 Å². The van der Waals surface area contributed by atoms with Crippen LogP contribution in [-0.2, 0) is 0 Å². The van der Waals surface area contributed by atoms with Crippen molar-refractivity contribution in [3.05, 3.63) is 28.2 Å². The lowest BCUT2D eigenvalue weighted by Gasteiger charge is -2.24. The predicted octanol–water partition coefficient (Wildman–Crippen LogP) is 4.36. The molecule has 0 spiro atoms. The molecular weight excluding hydrogens is 280 g/mol. The fourth-order valence-corrected chi connectivity index (χ4v) is 2.59. The number of hydrogen-bond donors (Lipinski definition) is 0. The van der Waals surface area contributed by atoms with Crippen molar-refractivity contribution in [1.82, 2.24) is 0 Å². The molecule has 1 saturated carbocycles. The first-order valence-electron chi connectivity index (χ1n) is 6.14. The maximum atomic E-state index is 11.5. The Hall–Kier alpha value is -0.830. The number of Topliss-reactive ketones (excluding diaryl/α,β-unsaturated/α-hetero) is 1. The molecule has 0 aromatic heterocycles. The number of carbonyl (C=O) groups excluding carboxylic acids is 1. The molecule has 2 rings (SSSR count). The Balaban J connectivity index is 2.17. The molecule has 0 unspecified atom stereocenters. The second-order valence-electron chi connectivity index (χ2n) is 4.57. The fourth-order valence-electron chi connectivity index (χ4n) is 2.25. The van der Waals surface area contributed by atoms with Crippen LogP contribution in [0.15, 0.2) is 22.7 Å². The van der Waals surface area contributed by atoms with E-state index in [2.05, 4.69) is 15.9 Å². The summed E-state index contributed by atoms with van der Waals surface area (Å²) in [5.74, 6) is 0.780. The van der Waals surface area contributed by atoms with Crippen LogP contribution in [0.2, 0.25) is 0 Å². The van der Waals surface area contributed by atoms with Crippen LogP contribution < -0.4 is 4.74 Å². The first-order valence-corrected chi connectivity index (χ1v) is 6.93. The molecule has 1 fully saturated rings. The topological polar surface area (TPSA) is 26.3 Å². The van der Waals surface area contributed by atoms with Crippen molar-refractivity contribution in [1.29, 1.82) is 0 Å². The zero-order valence-electron chi connectivity index (χ0n) is 10.0. The molecule has 1 aliphatic rings. The average Bonchev–Trinajstić information content (AvgIpc) is 2.30.